The van der Waals surface area contributed by atoms with Crippen molar-refractivity contribution >= 4 is 12.4 Å². The van der Waals surface area contributed by atoms with E-state index in [9.17, 15) is 0 Å². The summed E-state index contributed by atoms with van der Waals surface area (Å²) in [6.07, 6.45) is 5.22. The van der Waals surface area contributed by atoms with E-state index in [4.69, 9.17) is 4.74 Å². The van der Waals surface area contributed by atoms with E-state index in [1.165, 1.54) is 44.3 Å². The Labute approximate surface area is 110 Å². The van der Waals surface area contributed by atoms with Gasteiger partial charge in [-0.1, -0.05) is 12.1 Å². The average Bonchev–Trinajstić information content (AvgIpc) is 2.38. The number of hydrogen-bond donors (Lipinski definition) is 1. The molecule has 0 atom stereocenters. The van der Waals surface area contributed by atoms with E-state index >= 15 is 0 Å². The van der Waals surface area contributed by atoms with Gasteiger partial charge in [-0.25, -0.2) is 0 Å². The smallest absolute Gasteiger partial charge is 0.118 e. The van der Waals surface area contributed by atoms with Gasteiger partial charge in [-0.15, -0.1) is 12.4 Å². The fourth-order valence-corrected chi connectivity index (χ4v) is 2.33. The summed E-state index contributed by atoms with van der Waals surface area (Å²) in [5, 5.41) is 3.41. The van der Waals surface area contributed by atoms with Gasteiger partial charge in [0, 0.05) is 0 Å². The minimum Gasteiger partial charge on any atom is -0.497 e. The second kappa shape index (κ2) is 7.57. The van der Waals surface area contributed by atoms with Crippen molar-refractivity contribution in [2.24, 2.45) is 5.92 Å². The number of piperidine rings is 1. The lowest BCUT2D eigenvalue weighted by Crippen LogP contribution is -2.27. The number of hydrogen-bond acceptors (Lipinski definition) is 2. The van der Waals surface area contributed by atoms with Gasteiger partial charge in [0.1, 0.15) is 5.75 Å². The Morgan fingerprint density at radius 1 is 1.18 bits per heavy atom. The molecule has 1 aliphatic rings. The minimum absolute atomic E-state index is 0. The number of benzene rings is 1. The number of ether oxygens (including phenoxy) is 1. The molecule has 96 valence electrons. The van der Waals surface area contributed by atoms with Crippen molar-refractivity contribution in [1.82, 2.24) is 5.32 Å². The molecule has 1 aliphatic heterocycles. The first-order chi connectivity index (χ1) is 7.88. The van der Waals surface area contributed by atoms with Gasteiger partial charge in [0.05, 0.1) is 7.11 Å². The van der Waals surface area contributed by atoms with Gasteiger partial charge in [-0.2, -0.15) is 0 Å². The van der Waals surface area contributed by atoms with Gasteiger partial charge in [0.2, 0.25) is 0 Å². The van der Waals surface area contributed by atoms with E-state index < -0.39 is 0 Å². The highest BCUT2D eigenvalue weighted by molar-refractivity contribution is 5.85. The lowest BCUT2D eigenvalue weighted by molar-refractivity contribution is 0.354. The lowest BCUT2D eigenvalue weighted by atomic mass is 9.91. The molecule has 0 saturated carbocycles. The molecule has 1 saturated heterocycles. The lowest BCUT2D eigenvalue weighted by Gasteiger charge is -2.22. The van der Waals surface area contributed by atoms with Gasteiger partial charge in [-0.3, -0.25) is 0 Å². The summed E-state index contributed by atoms with van der Waals surface area (Å²) in [4.78, 5) is 0. The molecule has 3 heteroatoms. The van der Waals surface area contributed by atoms with Crippen molar-refractivity contribution < 1.29 is 4.74 Å². The van der Waals surface area contributed by atoms with Gasteiger partial charge in [0.15, 0.2) is 0 Å². The summed E-state index contributed by atoms with van der Waals surface area (Å²) in [6, 6.07) is 8.47. The molecule has 17 heavy (non-hydrogen) atoms. The molecule has 0 aliphatic carbocycles. The van der Waals surface area contributed by atoms with Crippen molar-refractivity contribution in [3.05, 3.63) is 29.8 Å². The van der Waals surface area contributed by atoms with Crippen LogP contribution in [0.3, 0.4) is 0 Å². The monoisotopic (exact) mass is 255 g/mol. The zero-order valence-corrected chi connectivity index (χ0v) is 11.3. The number of methoxy groups -OCH3 is 1. The normalized spacial score (nSPS) is 16.3. The van der Waals surface area contributed by atoms with Crippen LogP contribution >= 0.6 is 12.4 Å². The Balaban J connectivity index is 0.00000144. The van der Waals surface area contributed by atoms with E-state index in [2.05, 4.69) is 29.6 Å². The minimum atomic E-state index is 0. The van der Waals surface area contributed by atoms with Crippen LogP contribution in [0.1, 0.15) is 24.8 Å². The number of nitrogens with one attached hydrogen (secondary N) is 1. The Kier molecular flexibility index (Phi) is 6.38. The van der Waals surface area contributed by atoms with E-state index in [0.29, 0.717) is 0 Å². The predicted molar refractivity (Wildman–Crippen MR) is 74.2 cm³/mol. The van der Waals surface area contributed by atoms with E-state index in [-0.39, 0.29) is 12.4 Å². The molecule has 1 heterocycles. The number of halogens is 1. The van der Waals surface area contributed by atoms with E-state index in [1.54, 1.807) is 7.11 Å². The van der Waals surface area contributed by atoms with Gasteiger partial charge < -0.3 is 10.1 Å². The van der Waals surface area contributed by atoms with Crippen molar-refractivity contribution in [1.29, 1.82) is 0 Å². The largest absolute Gasteiger partial charge is 0.497 e. The summed E-state index contributed by atoms with van der Waals surface area (Å²) in [5.41, 5.74) is 1.43. The highest BCUT2D eigenvalue weighted by atomic mass is 35.5. The summed E-state index contributed by atoms with van der Waals surface area (Å²) in [5.74, 6) is 1.87. The zero-order chi connectivity index (χ0) is 11.2. The molecule has 2 rings (SSSR count). The Hall–Kier alpha value is -0.730. The van der Waals surface area contributed by atoms with Crippen LogP contribution in [0, 0.1) is 5.92 Å². The fourth-order valence-electron chi connectivity index (χ4n) is 2.33. The van der Waals surface area contributed by atoms with Crippen LogP contribution in [0.4, 0.5) is 0 Å². The predicted octanol–water partition coefficient (Wildman–Crippen LogP) is 3.05. The van der Waals surface area contributed by atoms with Gasteiger partial charge >= 0.3 is 0 Å². The Bertz CT molecular complexity index is 307. The maximum Gasteiger partial charge on any atom is 0.118 e. The van der Waals surface area contributed by atoms with Crippen LogP contribution in [-0.2, 0) is 6.42 Å². The number of rotatable bonds is 4. The molecule has 0 spiro atoms. The fraction of sp³-hybridized carbons (Fsp3) is 0.571. The highest BCUT2D eigenvalue weighted by Gasteiger charge is 2.12. The second-order valence-corrected chi connectivity index (χ2v) is 4.58. The van der Waals surface area contributed by atoms with Gasteiger partial charge in [0.25, 0.3) is 0 Å². The summed E-state index contributed by atoms with van der Waals surface area (Å²) >= 11 is 0. The van der Waals surface area contributed by atoms with Crippen LogP contribution in [0.25, 0.3) is 0 Å². The molecule has 0 amide bonds. The Morgan fingerprint density at radius 2 is 1.82 bits per heavy atom. The molecule has 1 aromatic rings. The third kappa shape index (κ3) is 4.57. The molecule has 0 bridgehead atoms. The SMILES string of the molecule is COc1ccc(CCC2CCNCC2)cc1.Cl. The third-order valence-electron chi connectivity index (χ3n) is 3.46. The molecular weight excluding hydrogens is 234 g/mol. The molecule has 0 aromatic heterocycles. The van der Waals surface area contributed by atoms with E-state index in [0.717, 1.165) is 11.7 Å². The van der Waals surface area contributed by atoms with Crippen LogP contribution in [0.15, 0.2) is 24.3 Å². The number of aryl methyl sites for hydroxylation is 1. The molecule has 1 N–H and O–H groups in total. The molecule has 2 nitrogen and oxygen atoms in total. The first kappa shape index (κ1) is 14.3. The summed E-state index contributed by atoms with van der Waals surface area (Å²) < 4.78 is 5.16. The maximum atomic E-state index is 5.16. The maximum absolute atomic E-state index is 5.16. The molecular formula is C14H22ClNO. The quantitative estimate of drug-likeness (QED) is 0.893. The van der Waals surface area contributed by atoms with Crippen LogP contribution < -0.4 is 10.1 Å². The summed E-state index contributed by atoms with van der Waals surface area (Å²) in [6.45, 7) is 2.40. The molecule has 1 fully saturated rings. The molecule has 0 radical (unpaired) electrons. The average molecular weight is 256 g/mol. The standard InChI is InChI=1S/C14H21NO.ClH/c1-16-14-6-4-12(5-7-14)2-3-13-8-10-15-11-9-13;/h4-7,13,15H,2-3,8-11H2,1H3;1H. The van der Waals surface area contributed by atoms with Crippen molar-refractivity contribution in [2.75, 3.05) is 20.2 Å². The topological polar surface area (TPSA) is 21.3 Å². The van der Waals surface area contributed by atoms with Crippen LogP contribution in [0.5, 0.6) is 5.75 Å². The van der Waals surface area contributed by atoms with Crippen LogP contribution in [-0.4, -0.2) is 20.2 Å². The van der Waals surface area contributed by atoms with Crippen molar-refractivity contribution in [3.8, 4) is 5.75 Å². The first-order valence-corrected chi connectivity index (χ1v) is 6.22. The van der Waals surface area contributed by atoms with Crippen LogP contribution in [0.2, 0.25) is 0 Å². The van der Waals surface area contributed by atoms with Crippen molar-refractivity contribution in [2.45, 2.75) is 25.7 Å². The van der Waals surface area contributed by atoms with E-state index in [1.807, 2.05) is 0 Å². The third-order valence-corrected chi connectivity index (χ3v) is 3.46. The molecule has 0 unspecified atom stereocenters. The summed E-state index contributed by atoms with van der Waals surface area (Å²) in [7, 11) is 1.71. The molecule has 1 aromatic carbocycles. The highest BCUT2D eigenvalue weighted by Crippen LogP contribution is 2.19. The van der Waals surface area contributed by atoms with Crippen molar-refractivity contribution in [3.63, 3.8) is 0 Å². The second-order valence-electron chi connectivity index (χ2n) is 4.58. The Morgan fingerprint density at radius 3 is 2.41 bits per heavy atom. The first-order valence-electron chi connectivity index (χ1n) is 6.22. The van der Waals surface area contributed by atoms with Gasteiger partial charge in [-0.05, 0) is 62.4 Å². The zero-order valence-electron chi connectivity index (χ0n) is 10.4.